The summed E-state index contributed by atoms with van der Waals surface area (Å²) in [6.45, 7) is 2.29. The molecule has 2 fully saturated rings. The molecule has 0 unspecified atom stereocenters. The lowest BCUT2D eigenvalue weighted by Gasteiger charge is -2.42. The molecule has 3 aliphatic rings. The Morgan fingerprint density at radius 1 is 1.23 bits per heavy atom. The molecule has 3 aliphatic heterocycles. The van der Waals surface area contributed by atoms with Crippen LogP contribution in [-0.4, -0.2) is 51.9 Å². The number of amides is 1. The highest BCUT2D eigenvalue weighted by molar-refractivity contribution is 6.10. The average Bonchev–Trinajstić information content (AvgIpc) is 3.47. The van der Waals surface area contributed by atoms with Crippen LogP contribution in [0.3, 0.4) is 0 Å². The van der Waals surface area contributed by atoms with E-state index in [1.807, 2.05) is 34.7 Å². The van der Waals surface area contributed by atoms with Crippen LogP contribution in [0.25, 0.3) is 0 Å². The zero-order valence-electron chi connectivity index (χ0n) is 22.1. The predicted molar refractivity (Wildman–Crippen MR) is 139 cm³/mol. The number of nitrogens with zero attached hydrogens (tertiary/aromatic N) is 6. The van der Waals surface area contributed by atoms with E-state index in [4.69, 9.17) is 4.74 Å². The van der Waals surface area contributed by atoms with Gasteiger partial charge in [0.05, 0.1) is 37.3 Å². The molecule has 208 valence electrons. The molecular weight excluding hydrogens is 521 g/mol. The normalized spacial score (nSPS) is 20.7. The Morgan fingerprint density at radius 3 is 2.73 bits per heavy atom. The number of halogens is 3. The summed E-state index contributed by atoms with van der Waals surface area (Å²) in [6.07, 6.45) is -0.756. The molecule has 11 heteroatoms. The topological polar surface area (TPSA) is 87.3 Å². The van der Waals surface area contributed by atoms with Crippen LogP contribution in [-0.2, 0) is 42.9 Å². The van der Waals surface area contributed by atoms with Crippen molar-refractivity contribution in [2.24, 2.45) is 13.0 Å². The van der Waals surface area contributed by atoms with Crippen molar-refractivity contribution in [1.82, 2.24) is 19.7 Å². The van der Waals surface area contributed by atoms with Crippen LogP contribution < -0.4 is 4.90 Å². The number of rotatable bonds is 6. The lowest BCUT2D eigenvalue weighted by molar-refractivity contribution is -0.138. The van der Waals surface area contributed by atoms with Gasteiger partial charge in [-0.15, -0.1) is 10.2 Å². The maximum atomic E-state index is 14.2. The summed E-state index contributed by atoms with van der Waals surface area (Å²) in [5.41, 5.74) is 0.884. The first-order valence-corrected chi connectivity index (χ1v) is 13.3. The van der Waals surface area contributed by atoms with Gasteiger partial charge in [-0.1, -0.05) is 12.1 Å². The largest absolute Gasteiger partial charge is 0.416 e. The van der Waals surface area contributed by atoms with Gasteiger partial charge in [-0.25, -0.2) is 0 Å². The van der Waals surface area contributed by atoms with Crippen LogP contribution in [0.4, 0.5) is 18.9 Å². The fraction of sp³-hybridized carbons (Fsp3) is 0.448. The summed E-state index contributed by atoms with van der Waals surface area (Å²) in [7, 11) is 1.87. The van der Waals surface area contributed by atoms with Gasteiger partial charge in [-0.3, -0.25) is 9.69 Å². The Hall–Kier alpha value is -3.75. The van der Waals surface area contributed by atoms with Gasteiger partial charge < -0.3 is 14.2 Å². The number of nitriles is 1. The minimum Gasteiger partial charge on any atom is -0.379 e. The van der Waals surface area contributed by atoms with Crippen molar-refractivity contribution >= 4 is 11.6 Å². The number of fused-ring (bicyclic) bond motifs is 1. The van der Waals surface area contributed by atoms with Gasteiger partial charge in [-0.2, -0.15) is 18.4 Å². The number of carbonyl (C=O) groups excluding carboxylic acids is 1. The smallest absolute Gasteiger partial charge is 0.379 e. The molecule has 0 spiro atoms. The van der Waals surface area contributed by atoms with E-state index in [-0.39, 0.29) is 35.5 Å². The van der Waals surface area contributed by atoms with Gasteiger partial charge in [0, 0.05) is 43.2 Å². The number of aromatic nitrogens is 3. The van der Waals surface area contributed by atoms with Crippen molar-refractivity contribution in [2.75, 3.05) is 31.2 Å². The fourth-order valence-electron chi connectivity index (χ4n) is 6.08. The van der Waals surface area contributed by atoms with Crippen LogP contribution in [0.5, 0.6) is 0 Å². The van der Waals surface area contributed by atoms with Crippen LogP contribution in [0.1, 0.15) is 51.3 Å². The summed E-state index contributed by atoms with van der Waals surface area (Å²) in [5.74, 6) is 0.225. The second-order valence-electron chi connectivity index (χ2n) is 11.1. The fourth-order valence-corrected chi connectivity index (χ4v) is 6.08. The number of benzene rings is 2. The Balaban J connectivity index is 1.30. The van der Waals surface area contributed by atoms with E-state index in [0.29, 0.717) is 44.0 Å². The summed E-state index contributed by atoms with van der Waals surface area (Å²) in [5, 5.41) is 17.5. The molecule has 2 aromatic carbocycles. The molecule has 2 saturated heterocycles. The zero-order chi connectivity index (χ0) is 28.1. The molecule has 6 rings (SSSR count). The third-order valence-electron chi connectivity index (χ3n) is 8.33. The molecule has 1 atom stereocenters. The standard InChI is InChI=1S/C29H29F3N6O2/c1-36-18-34-35-26(36)11-28(16-40-17-28)21-5-2-6-22(10-21)38-15-24-23(27(38)39)8-20(9-25(24)29(30,31)32)14-37-7-3-4-19(12-33)13-37/h2,5-6,8-10,18-19H,3-4,7,11,13-17H2,1H3/t19-/m1/s1. The minimum absolute atomic E-state index is 0.000902. The first kappa shape index (κ1) is 26.5. The molecule has 0 N–H and O–H groups in total. The van der Waals surface area contributed by atoms with E-state index in [1.54, 1.807) is 18.5 Å². The summed E-state index contributed by atoms with van der Waals surface area (Å²) in [6, 6.07) is 12.5. The van der Waals surface area contributed by atoms with Gasteiger partial charge in [0.2, 0.25) is 0 Å². The van der Waals surface area contributed by atoms with Crippen molar-refractivity contribution in [3.05, 3.63) is 76.4 Å². The molecular formula is C29H29F3N6O2. The molecule has 4 heterocycles. The van der Waals surface area contributed by atoms with Crippen molar-refractivity contribution in [1.29, 1.82) is 5.26 Å². The average molecular weight is 551 g/mol. The number of likely N-dealkylation sites (tertiary alicyclic amines) is 1. The molecule has 8 nitrogen and oxygen atoms in total. The Kier molecular flexibility index (Phi) is 6.63. The molecule has 3 aromatic rings. The van der Waals surface area contributed by atoms with Gasteiger partial charge in [0.25, 0.3) is 5.91 Å². The van der Waals surface area contributed by atoms with Crippen LogP contribution in [0, 0.1) is 17.2 Å². The molecule has 1 amide bonds. The highest BCUT2D eigenvalue weighted by Gasteiger charge is 2.43. The number of carbonyl (C=O) groups is 1. The molecule has 0 radical (unpaired) electrons. The van der Waals surface area contributed by atoms with Crippen LogP contribution >= 0.6 is 0 Å². The first-order chi connectivity index (χ1) is 19.2. The highest BCUT2D eigenvalue weighted by atomic mass is 19.4. The molecule has 0 saturated carbocycles. The molecule has 40 heavy (non-hydrogen) atoms. The van der Waals surface area contributed by atoms with E-state index in [0.717, 1.165) is 24.2 Å². The monoisotopic (exact) mass is 550 g/mol. The van der Waals surface area contributed by atoms with Crippen molar-refractivity contribution in [3.63, 3.8) is 0 Å². The number of hydrogen-bond acceptors (Lipinski definition) is 6. The van der Waals surface area contributed by atoms with Crippen LogP contribution in [0.2, 0.25) is 0 Å². The third kappa shape index (κ3) is 4.75. The van der Waals surface area contributed by atoms with Crippen molar-refractivity contribution < 1.29 is 22.7 Å². The van der Waals surface area contributed by atoms with Gasteiger partial charge in [-0.05, 0) is 60.3 Å². The molecule has 0 bridgehead atoms. The van der Waals surface area contributed by atoms with Gasteiger partial charge in [0.1, 0.15) is 12.2 Å². The number of aryl methyl sites for hydroxylation is 1. The quantitative estimate of drug-likeness (QED) is 0.456. The first-order valence-electron chi connectivity index (χ1n) is 13.3. The number of alkyl halides is 3. The third-order valence-corrected chi connectivity index (χ3v) is 8.33. The maximum absolute atomic E-state index is 14.2. The van der Waals surface area contributed by atoms with Crippen LogP contribution in [0.15, 0.2) is 42.7 Å². The maximum Gasteiger partial charge on any atom is 0.416 e. The summed E-state index contributed by atoms with van der Waals surface area (Å²) >= 11 is 0. The Labute approximate surface area is 230 Å². The lowest BCUT2D eigenvalue weighted by Crippen LogP contribution is -2.49. The van der Waals surface area contributed by atoms with Crippen molar-refractivity contribution in [2.45, 2.75) is 43.9 Å². The van der Waals surface area contributed by atoms with Gasteiger partial charge in [0.15, 0.2) is 0 Å². The predicted octanol–water partition coefficient (Wildman–Crippen LogP) is 4.24. The number of ether oxygens (including phenoxy) is 1. The number of piperidine rings is 1. The van der Waals surface area contributed by atoms with E-state index in [2.05, 4.69) is 16.3 Å². The SMILES string of the molecule is Cn1cnnc1CC1(c2cccc(N3Cc4c(cc(CN5CCC[C@H](C#N)C5)cc4C(F)(F)F)C3=O)c2)COC1. The van der Waals surface area contributed by atoms with E-state index in [1.165, 1.54) is 11.0 Å². The van der Waals surface area contributed by atoms with Gasteiger partial charge >= 0.3 is 6.18 Å². The molecule has 1 aromatic heterocycles. The molecule has 0 aliphatic carbocycles. The van der Waals surface area contributed by atoms with E-state index >= 15 is 0 Å². The lowest BCUT2D eigenvalue weighted by atomic mass is 9.75. The number of anilines is 1. The second kappa shape index (κ2) is 10.0. The van der Waals surface area contributed by atoms with E-state index in [9.17, 15) is 23.2 Å². The summed E-state index contributed by atoms with van der Waals surface area (Å²) < 4.78 is 50.2. The van der Waals surface area contributed by atoms with E-state index < -0.39 is 17.6 Å². The number of hydrogen-bond donors (Lipinski definition) is 0. The minimum atomic E-state index is -4.60. The Morgan fingerprint density at radius 2 is 2.05 bits per heavy atom. The second-order valence-corrected chi connectivity index (χ2v) is 11.1. The van der Waals surface area contributed by atoms with Crippen molar-refractivity contribution in [3.8, 4) is 6.07 Å². The Bertz CT molecular complexity index is 1490. The summed E-state index contributed by atoms with van der Waals surface area (Å²) in [4.78, 5) is 17.0. The zero-order valence-corrected chi connectivity index (χ0v) is 22.1. The highest BCUT2D eigenvalue weighted by Crippen LogP contribution is 2.42.